The first kappa shape index (κ1) is 50.2. The van der Waals surface area contributed by atoms with Gasteiger partial charge in [0.25, 0.3) is 0 Å². The maximum atomic E-state index is 14.3. The van der Waals surface area contributed by atoms with Crippen molar-refractivity contribution in [2.24, 2.45) is 29.4 Å². The Balaban J connectivity index is 2.28. The SMILES string of the molecule is CC[C@H](C)[C@@H]([C@@H](CC(=O)N1CCC[C@H]1[C@H](OC)[C@@H](C)C(=O)N[C@@H](Cc1ccccc1)C(N)=O)OC)N(C)[C@H](C(=O)NC(=O)[C@H](C(C)C)N(C)CCCC(=O)O)C(C)C. The maximum absolute atomic E-state index is 14.3. The zero-order valence-electron chi connectivity index (χ0n) is 36.7. The summed E-state index contributed by atoms with van der Waals surface area (Å²) >= 11 is 0. The van der Waals surface area contributed by atoms with Crippen molar-refractivity contribution in [3.8, 4) is 0 Å². The van der Waals surface area contributed by atoms with Crippen LogP contribution in [-0.2, 0) is 44.7 Å². The zero-order valence-corrected chi connectivity index (χ0v) is 36.7. The highest BCUT2D eigenvalue weighted by molar-refractivity contribution is 6.00. The number of carboxylic acids is 1. The summed E-state index contributed by atoms with van der Waals surface area (Å²) in [4.78, 5) is 84.5. The number of carbonyl (C=O) groups excluding carboxylic acids is 5. The molecule has 1 aliphatic rings. The molecule has 0 saturated carbocycles. The lowest BCUT2D eigenvalue weighted by Gasteiger charge is -2.43. The number of carbonyl (C=O) groups is 6. The lowest BCUT2D eigenvalue weighted by molar-refractivity contribution is -0.144. The number of aliphatic carboxylic acids is 1. The van der Waals surface area contributed by atoms with Crippen molar-refractivity contribution < 1.29 is 43.3 Å². The molecule has 0 bridgehead atoms. The van der Waals surface area contributed by atoms with Crippen molar-refractivity contribution in [3.63, 3.8) is 0 Å². The summed E-state index contributed by atoms with van der Waals surface area (Å²) in [6.45, 7) is 14.2. The largest absolute Gasteiger partial charge is 0.481 e. The Morgan fingerprint density at radius 2 is 1.52 bits per heavy atom. The van der Waals surface area contributed by atoms with E-state index in [-0.39, 0.29) is 42.9 Å². The van der Waals surface area contributed by atoms with Gasteiger partial charge in [0, 0.05) is 39.6 Å². The summed E-state index contributed by atoms with van der Waals surface area (Å²) in [6, 6.07) is 6.16. The molecule has 0 radical (unpaired) electrons. The Morgan fingerprint density at radius 3 is 2.03 bits per heavy atom. The van der Waals surface area contributed by atoms with E-state index in [1.807, 2.05) is 76.9 Å². The van der Waals surface area contributed by atoms with Gasteiger partial charge in [-0.1, -0.05) is 85.2 Å². The Morgan fingerprint density at radius 1 is 0.914 bits per heavy atom. The van der Waals surface area contributed by atoms with E-state index in [2.05, 4.69) is 17.6 Å². The number of nitrogens with zero attached hydrogens (tertiary/aromatic N) is 3. The number of rotatable bonds is 25. The molecule has 0 aliphatic carbocycles. The number of nitrogens with two attached hydrogens (primary N) is 1. The number of benzene rings is 1. The van der Waals surface area contributed by atoms with Crippen LogP contribution >= 0.6 is 0 Å². The molecule has 15 nitrogen and oxygen atoms in total. The van der Waals surface area contributed by atoms with Gasteiger partial charge < -0.3 is 30.5 Å². The normalized spacial score (nSPS) is 18.7. The number of primary amides is 1. The highest BCUT2D eigenvalue weighted by Crippen LogP contribution is 2.30. The summed E-state index contributed by atoms with van der Waals surface area (Å²) in [5, 5.41) is 14.5. The first-order valence-corrected chi connectivity index (χ1v) is 20.8. The monoisotopic (exact) mass is 817 g/mol. The average molecular weight is 817 g/mol. The van der Waals surface area contributed by atoms with E-state index in [4.69, 9.17) is 20.3 Å². The molecular weight excluding hydrogens is 745 g/mol. The molecule has 0 spiro atoms. The Labute approximate surface area is 346 Å². The van der Waals surface area contributed by atoms with Crippen LogP contribution in [-0.4, -0.2) is 139 Å². The summed E-state index contributed by atoms with van der Waals surface area (Å²) in [7, 11) is 6.65. The molecule has 15 heteroatoms. The molecule has 58 heavy (non-hydrogen) atoms. The van der Waals surface area contributed by atoms with Gasteiger partial charge >= 0.3 is 5.97 Å². The fourth-order valence-electron chi connectivity index (χ4n) is 8.61. The standard InChI is InChI=1S/C43H72N6O9/c1-12-28(6)38(48(9)37(27(4)5)43(56)46-42(55)36(26(2)3)47(8)22-17-21-35(51)52)33(57-10)25-34(50)49-23-16-20-32(49)39(58-11)29(7)41(54)45-31(40(44)53)24-30-18-14-13-15-19-30/h13-15,18-19,26-29,31-33,36-39H,12,16-17,20-25H2,1-11H3,(H2,44,53)(H,45,54)(H,51,52)(H,46,55,56)/t28-,29+,31-,32-,33+,36-,37-,38-,39+/m0/s1. The molecule has 9 atom stereocenters. The number of likely N-dealkylation sites (N-methyl/N-ethyl adjacent to an activating group) is 2. The number of hydrogen-bond acceptors (Lipinski definition) is 10. The Hall–Kier alpha value is -3.92. The number of likely N-dealkylation sites (tertiary alicyclic amines) is 1. The van der Waals surface area contributed by atoms with E-state index in [1.165, 1.54) is 7.11 Å². The van der Waals surface area contributed by atoms with Crippen molar-refractivity contribution in [2.75, 3.05) is 41.4 Å². The van der Waals surface area contributed by atoms with E-state index < -0.39 is 77.9 Å². The first-order chi connectivity index (χ1) is 27.3. The third-order valence-corrected chi connectivity index (χ3v) is 11.7. The van der Waals surface area contributed by atoms with E-state index >= 15 is 0 Å². The van der Waals surface area contributed by atoms with Crippen molar-refractivity contribution in [1.29, 1.82) is 0 Å². The molecule has 328 valence electrons. The number of methoxy groups -OCH3 is 2. The maximum Gasteiger partial charge on any atom is 0.303 e. The molecular formula is C43H72N6O9. The minimum Gasteiger partial charge on any atom is -0.481 e. The van der Waals surface area contributed by atoms with Crippen LogP contribution in [0.3, 0.4) is 0 Å². The predicted molar refractivity (Wildman–Crippen MR) is 222 cm³/mol. The van der Waals surface area contributed by atoms with Crippen LogP contribution in [0.2, 0.25) is 0 Å². The molecule has 0 aromatic heterocycles. The summed E-state index contributed by atoms with van der Waals surface area (Å²) in [5.41, 5.74) is 6.54. The van der Waals surface area contributed by atoms with Crippen LogP contribution < -0.4 is 16.4 Å². The molecule has 1 aliphatic heterocycles. The summed E-state index contributed by atoms with van der Waals surface area (Å²) in [5.74, 6) is -4.14. The van der Waals surface area contributed by atoms with Crippen molar-refractivity contribution in [3.05, 3.63) is 35.9 Å². The number of carboxylic acid groups (broad SMARTS) is 1. The van der Waals surface area contributed by atoms with Gasteiger partial charge in [0.1, 0.15) is 6.04 Å². The molecule has 2 rings (SSSR count). The molecule has 5 N–H and O–H groups in total. The number of nitrogens with one attached hydrogen (secondary N) is 2. The minimum absolute atomic E-state index is 0.00606. The molecule has 5 amide bonds. The van der Waals surface area contributed by atoms with Gasteiger partial charge in [0.2, 0.25) is 29.5 Å². The first-order valence-electron chi connectivity index (χ1n) is 20.8. The molecule has 1 fully saturated rings. The van der Waals surface area contributed by atoms with Gasteiger partial charge in [0.15, 0.2) is 0 Å². The van der Waals surface area contributed by atoms with Gasteiger partial charge in [-0.25, -0.2) is 0 Å². The fourth-order valence-corrected chi connectivity index (χ4v) is 8.61. The quantitative estimate of drug-likeness (QED) is 0.113. The number of amides is 5. The van der Waals surface area contributed by atoms with E-state index in [1.54, 1.807) is 30.9 Å². The highest BCUT2D eigenvalue weighted by Gasteiger charge is 2.44. The second-order valence-electron chi connectivity index (χ2n) is 16.7. The van der Waals surface area contributed by atoms with Gasteiger partial charge in [-0.2, -0.15) is 0 Å². The molecule has 1 saturated heterocycles. The Bertz CT molecular complexity index is 1490. The lowest BCUT2D eigenvalue weighted by atomic mass is 9.87. The molecule has 1 heterocycles. The highest BCUT2D eigenvalue weighted by atomic mass is 16.5. The van der Waals surface area contributed by atoms with E-state index in [0.717, 1.165) is 12.0 Å². The smallest absolute Gasteiger partial charge is 0.303 e. The van der Waals surface area contributed by atoms with Crippen molar-refractivity contribution in [1.82, 2.24) is 25.3 Å². The second kappa shape index (κ2) is 24.2. The molecule has 1 aromatic carbocycles. The van der Waals surface area contributed by atoms with Crippen molar-refractivity contribution >= 4 is 35.5 Å². The van der Waals surface area contributed by atoms with Gasteiger partial charge in [-0.05, 0) is 63.2 Å². The fraction of sp³-hybridized carbons (Fsp3) is 0.721. The number of ether oxygens (including phenoxy) is 2. The summed E-state index contributed by atoms with van der Waals surface area (Å²) < 4.78 is 12.0. The third kappa shape index (κ3) is 14.1. The third-order valence-electron chi connectivity index (χ3n) is 11.7. The van der Waals surface area contributed by atoms with Crippen LogP contribution in [0.4, 0.5) is 0 Å². The Kier molecular flexibility index (Phi) is 21.0. The van der Waals surface area contributed by atoms with Crippen LogP contribution in [0.1, 0.15) is 92.6 Å². The number of hydrogen-bond donors (Lipinski definition) is 4. The van der Waals surface area contributed by atoms with Crippen LogP contribution in [0, 0.1) is 23.7 Å². The predicted octanol–water partition coefficient (Wildman–Crippen LogP) is 3.08. The van der Waals surface area contributed by atoms with Crippen LogP contribution in [0.25, 0.3) is 0 Å². The molecule has 0 unspecified atom stereocenters. The second-order valence-corrected chi connectivity index (χ2v) is 16.7. The van der Waals surface area contributed by atoms with Crippen molar-refractivity contribution in [2.45, 2.75) is 136 Å². The van der Waals surface area contributed by atoms with Gasteiger partial charge in [-0.15, -0.1) is 0 Å². The lowest BCUT2D eigenvalue weighted by Crippen LogP contribution is -2.60. The zero-order chi connectivity index (χ0) is 43.9. The van der Waals surface area contributed by atoms with E-state index in [0.29, 0.717) is 32.4 Å². The summed E-state index contributed by atoms with van der Waals surface area (Å²) in [6.07, 6.45) is 1.36. The number of imide groups is 1. The molecule has 1 aromatic rings. The minimum atomic E-state index is -0.920. The van der Waals surface area contributed by atoms with Gasteiger partial charge in [-0.3, -0.25) is 43.9 Å². The van der Waals surface area contributed by atoms with E-state index in [9.17, 15) is 28.8 Å². The van der Waals surface area contributed by atoms with Crippen LogP contribution in [0.5, 0.6) is 0 Å². The average Bonchev–Trinajstić information content (AvgIpc) is 3.64. The topological polar surface area (TPSA) is 201 Å². The van der Waals surface area contributed by atoms with Gasteiger partial charge in [0.05, 0.1) is 42.7 Å². The van der Waals surface area contributed by atoms with Crippen LogP contribution in [0.15, 0.2) is 30.3 Å².